The highest BCUT2D eigenvalue weighted by atomic mass is 16.5. The van der Waals surface area contributed by atoms with Crippen LogP contribution in [0.25, 0.3) is 10.9 Å². The Hall–Kier alpha value is -3.15. The van der Waals surface area contributed by atoms with Crippen molar-refractivity contribution < 1.29 is 9.53 Å². The Kier molecular flexibility index (Phi) is 4.65. The summed E-state index contributed by atoms with van der Waals surface area (Å²) in [6.07, 6.45) is 0.620. The molecule has 1 aliphatic rings. The number of para-hydroxylation sites is 1. The van der Waals surface area contributed by atoms with E-state index in [-0.39, 0.29) is 17.6 Å². The number of aromatic nitrogens is 2. The van der Waals surface area contributed by atoms with Gasteiger partial charge in [-0.25, -0.2) is 14.5 Å². The summed E-state index contributed by atoms with van der Waals surface area (Å²) < 4.78 is 6.71. The van der Waals surface area contributed by atoms with Crippen LogP contribution in [0.2, 0.25) is 0 Å². The van der Waals surface area contributed by atoms with Crippen LogP contribution >= 0.6 is 0 Å². The molecule has 4 rings (SSSR count). The minimum atomic E-state index is -0.976. The first-order chi connectivity index (χ1) is 13.9. The lowest BCUT2D eigenvalue weighted by atomic mass is 10.0. The maximum atomic E-state index is 13.5. The van der Waals surface area contributed by atoms with Gasteiger partial charge in [0.05, 0.1) is 18.0 Å². The zero-order chi connectivity index (χ0) is 20.8. The highest BCUT2D eigenvalue weighted by Gasteiger charge is 2.68. The average Bonchev–Trinajstić information content (AvgIpc) is 3.34. The molecule has 0 saturated carbocycles. The topological polar surface area (TPSA) is 64.2 Å². The van der Waals surface area contributed by atoms with E-state index < -0.39 is 5.54 Å². The molecule has 0 N–H and O–H groups in total. The highest BCUT2D eigenvalue weighted by molar-refractivity contribution is 5.90. The standard InChI is InChI=1S/C23H25N3O3/c1-15(2)14-19-24-18-13-9-8-12-17(18)21(27)25(19)26-20(16-10-6-5-7-11-16)23(26,3)22(28)29-4/h5-13,15,20H,14H2,1-4H3/t20-,23+,26?/m0/s1. The summed E-state index contributed by atoms with van der Waals surface area (Å²) in [5, 5.41) is 2.35. The number of fused-ring (bicyclic) bond motifs is 1. The van der Waals surface area contributed by atoms with Gasteiger partial charge in [0, 0.05) is 6.42 Å². The molecule has 0 radical (unpaired) electrons. The summed E-state index contributed by atoms with van der Waals surface area (Å²) in [4.78, 5) is 31.1. The van der Waals surface area contributed by atoms with Gasteiger partial charge < -0.3 is 4.74 Å². The Labute approximate surface area is 169 Å². The van der Waals surface area contributed by atoms with Gasteiger partial charge in [-0.3, -0.25) is 9.80 Å². The van der Waals surface area contributed by atoms with E-state index in [1.807, 2.05) is 60.5 Å². The third kappa shape index (κ3) is 2.99. The van der Waals surface area contributed by atoms with Gasteiger partial charge in [0.15, 0.2) is 5.54 Å². The van der Waals surface area contributed by atoms with Crippen molar-refractivity contribution in [3.05, 3.63) is 76.3 Å². The highest BCUT2D eigenvalue weighted by Crippen LogP contribution is 2.51. The molecule has 1 saturated heterocycles. The van der Waals surface area contributed by atoms with Crippen molar-refractivity contribution in [3.8, 4) is 0 Å². The Balaban J connectivity index is 1.95. The number of rotatable bonds is 5. The molecular formula is C23H25N3O3. The molecule has 2 heterocycles. The van der Waals surface area contributed by atoms with Crippen molar-refractivity contribution in [2.24, 2.45) is 5.92 Å². The maximum absolute atomic E-state index is 13.5. The lowest BCUT2D eigenvalue weighted by Crippen LogP contribution is -2.40. The third-order valence-corrected chi connectivity index (χ3v) is 5.53. The molecule has 6 nitrogen and oxygen atoms in total. The molecule has 1 aliphatic heterocycles. The Bertz CT molecular complexity index is 1120. The summed E-state index contributed by atoms with van der Waals surface area (Å²) in [7, 11) is 1.38. The molecule has 150 valence electrons. The van der Waals surface area contributed by atoms with Gasteiger partial charge in [-0.05, 0) is 30.5 Å². The summed E-state index contributed by atoms with van der Waals surface area (Å²) in [5.74, 6) is 0.577. The monoisotopic (exact) mass is 391 g/mol. The number of esters is 1. The minimum absolute atomic E-state index is 0.167. The molecule has 0 aliphatic carbocycles. The molecule has 1 fully saturated rings. The van der Waals surface area contributed by atoms with E-state index in [1.165, 1.54) is 7.11 Å². The summed E-state index contributed by atoms with van der Waals surface area (Å²) in [5.41, 5.74) is 0.480. The zero-order valence-corrected chi connectivity index (χ0v) is 17.1. The Morgan fingerprint density at radius 3 is 2.45 bits per heavy atom. The van der Waals surface area contributed by atoms with Gasteiger partial charge in [0.25, 0.3) is 5.56 Å². The normalized spacial score (nSPS) is 20.9. The number of nitrogens with zero attached hydrogens (tertiary/aromatic N) is 3. The van der Waals surface area contributed by atoms with Crippen LogP contribution < -0.4 is 10.6 Å². The fraction of sp³-hybridized carbons (Fsp3) is 0.348. The van der Waals surface area contributed by atoms with Gasteiger partial charge in [0.2, 0.25) is 0 Å². The fourth-order valence-electron chi connectivity index (χ4n) is 4.10. The summed E-state index contributed by atoms with van der Waals surface area (Å²) in [6.45, 7) is 5.99. The second kappa shape index (κ2) is 7.03. The first kappa shape index (κ1) is 19.2. The van der Waals surface area contributed by atoms with Crippen LogP contribution in [-0.2, 0) is 16.0 Å². The quantitative estimate of drug-likeness (QED) is 0.494. The fourth-order valence-corrected chi connectivity index (χ4v) is 4.10. The molecular weight excluding hydrogens is 366 g/mol. The zero-order valence-electron chi connectivity index (χ0n) is 17.1. The van der Waals surface area contributed by atoms with Crippen molar-refractivity contribution >= 4 is 16.9 Å². The average molecular weight is 391 g/mol. The molecule has 0 unspecified atom stereocenters. The number of ether oxygens (including phenoxy) is 1. The van der Waals surface area contributed by atoms with E-state index in [0.29, 0.717) is 29.1 Å². The third-order valence-electron chi connectivity index (χ3n) is 5.53. The van der Waals surface area contributed by atoms with E-state index >= 15 is 0 Å². The van der Waals surface area contributed by atoms with Crippen LogP contribution in [0, 0.1) is 5.92 Å². The molecule has 0 bridgehead atoms. The van der Waals surface area contributed by atoms with Crippen LogP contribution in [0.3, 0.4) is 0 Å². The lowest BCUT2D eigenvalue weighted by Gasteiger charge is -2.19. The smallest absolute Gasteiger partial charge is 0.335 e. The second-order valence-electron chi connectivity index (χ2n) is 8.06. The van der Waals surface area contributed by atoms with Crippen molar-refractivity contribution in [3.63, 3.8) is 0 Å². The van der Waals surface area contributed by atoms with Crippen molar-refractivity contribution in [1.29, 1.82) is 0 Å². The number of carbonyl (C=O) groups is 1. The number of methoxy groups -OCH3 is 1. The summed E-state index contributed by atoms with van der Waals surface area (Å²) in [6, 6.07) is 16.7. The van der Waals surface area contributed by atoms with Gasteiger partial charge in [-0.1, -0.05) is 56.3 Å². The SMILES string of the molecule is COC(=O)[C@@]1(C)[C@H](c2ccccc2)N1n1c(CC(C)C)nc2ccccc2c1=O. The van der Waals surface area contributed by atoms with E-state index in [1.54, 1.807) is 10.7 Å². The van der Waals surface area contributed by atoms with Crippen LogP contribution in [0.15, 0.2) is 59.4 Å². The van der Waals surface area contributed by atoms with Crippen LogP contribution in [-0.4, -0.2) is 28.3 Å². The van der Waals surface area contributed by atoms with E-state index in [0.717, 1.165) is 5.56 Å². The van der Waals surface area contributed by atoms with E-state index in [2.05, 4.69) is 13.8 Å². The predicted molar refractivity (Wildman–Crippen MR) is 112 cm³/mol. The molecule has 29 heavy (non-hydrogen) atoms. The summed E-state index contributed by atoms with van der Waals surface area (Å²) >= 11 is 0. The van der Waals surface area contributed by atoms with Crippen molar-refractivity contribution in [2.75, 3.05) is 12.1 Å². The van der Waals surface area contributed by atoms with Crippen LogP contribution in [0.5, 0.6) is 0 Å². The first-order valence-electron chi connectivity index (χ1n) is 9.83. The Morgan fingerprint density at radius 1 is 1.14 bits per heavy atom. The van der Waals surface area contributed by atoms with Gasteiger partial charge in [-0.2, -0.15) is 0 Å². The maximum Gasteiger partial charge on any atom is 0.335 e. The van der Waals surface area contributed by atoms with Gasteiger partial charge >= 0.3 is 5.97 Å². The number of benzene rings is 2. The molecule has 0 amide bonds. The number of hydrogen-bond acceptors (Lipinski definition) is 5. The van der Waals surface area contributed by atoms with Crippen molar-refractivity contribution in [1.82, 2.24) is 9.66 Å². The van der Waals surface area contributed by atoms with Gasteiger partial charge in [-0.15, -0.1) is 0 Å². The largest absolute Gasteiger partial charge is 0.467 e. The lowest BCUT2D eigenvalue weighted by molar-refractivity contribution is -0.143. The van der Waals surface area contributed by atoms with Gasteiger partial charge in [0.1, 0.15) is 11.9 Å². The minimum Gasteiger partial charge on any atom is -0.467 e. The first-order valence-corrected chi connectivity index (χ1v) is 9.83. The van der Waals surface area contributed by atoms with Crippen LogP contribution in [0.4, 0.5) is 0 Å². The van der Waals surface area contributed by atoms with Crippen molar-refractivity contribution in [2.45, 2.75) is 38.8 Å². The molecule has 2 aromatic carbocycles. The molecule has 1 aromatic heterocycles. The number of hydrogen-bond donors (Lipinski definition) is 0. The predicted octanol–water partition coefficient (Wildman–Crippen LogP) is 3.22. The van der Waals surface area contributed by atoms with E-state index in [9.17, 15) is 9.59 Å². The molecule has 0 spiro atoms. The molecule has 3 aromatic rings. The number of carbonyl (C=O) groups excluding carboxylic acids is 1. The molecule has 2 atom stereocenters. The Morgan fingerprint density at radius 2 is 1.79 bits per heavy atom. The van der Waals surface area contributed by atoms with E-state index in [4.69, 9.17) is 9.72 Å². The van der Waals surface area contributed by atoms with Crippen LogP contribution in [0.1, 0.15) is 38.2 Å². The second-order valence-corrected chi connectivity index (χ2v) is 8.06. The molecule has 6 heteroatoms.